The van der Waals surface area contributed by atoms with Crippen molar-refractivity contribution in [2.45, 2.75) is 32.9 Å². The van der Waals surface area contributed by atoms with Crippen molar-refractivity contribution >= 4 is 11.5 Å². The van der Waals surface area contributed by atoms with Crippen LogP contribution in [0.3, 0.4) is 0 Å². The monoisotopic (exact) mass is 343 g/mol. The fraction of sp³-hybridized carbons (Fsp3) is 0.667. The van der Waals surface area contributed by atoms with Gasteiger partial charge in [-0.25, -0.2) is 0 Å². The minimum Gasteiger partial charge on any atom is -0.381 e. The second kappa shape index (κ2) is 6.19. The highest BCUT2D eigenvalue weighted by Crippen LogP contribution is 2.30. The zero-order valence-electron chi connectivity index (χ0n) is 13.9. The Bertz CT molecular complexity index is 737. The number of anilines is 1. The molecule has 0 amide bonds. The highest BCUT2D eigenvalue weighted by molar-refractivity contribution is 5.59. The first-order valence-electron chi connectivity index (χ1n) is 7.87. The molecule has 0 radical (unpaired) electrons. The lowest BCUT2D eigenvalue weighted by Gasteiger charge is -2.28. The zero-order chi connectivity index (χ0) is 17.5. The van der Waals surface area contributed by atoms with Crippen LogP contribution in [0.15, 0.2) is 0 Å². The highest BCUT2D eigenvalue weighted by atomic mass is 19.4. The Morgan fingerprint density at radius 1 is 1.25 bits per heavy atom. The summed E-state index contributed by atoms with van der Waals surface area (Å²) in [5.74, 6) is -0.240. The van der Waals surface area contributed by atoms with Crippen LogP contribution in [0.5, 0.6) is 0 Å². The van der Waals surface area contributed by atoms with Gasteiger partial charge in [0.2, 0.25) is 0 Å². The summed E-state index contributed by atoms with van der Waals surface area (Å²) in [6.07, 6.45) is -2.54. The Labute approximate surface area is 137 Å². The van der Waals surface area contributed by atoms with Crippen LogP contribution in [0, 0.1) is 19.8 Å². The number of hydrogen-bond acceptors (Lipinski definition) is 5. The average Bonchev–Trinajstić information content (AvgIpc) is 2.96. The highest BCUT2D eigenvalue weighted by Gasteiger charge is 2.38. The van der Waals surface area contributed by atoms with Crippen LogP contribution in [-0.4, -0.2) is 46.6 Å². The molecule has 9 heteroatoms. The molecule has 3 heterocycles. The van der Waals surface area contributed by atoms with Gasteiger partial charge in [0, 0.05) is 31.3 Å². The summed E-state index contributed by atoms with van der Waals surface area (Å²) in [7, 11) is 1.84. The van der Waals surface area contributed by atoms with Crippen LogP contribution in [-0.2, 0) is 10.9 Å². The Hall–Kier alpha value is -1.90. The molecule has 1 atom stereocenters. The largest absolute Gasteiger partial charge is 0.453 e. The molecule has 2 aromatic heterocycles. The van der Waals surface area contributed by atoms with Gasteiger partial charge in [-0.3, -0.25) is 0 Å². The minimum atomic E-state index is -4.60. The molecule has 0 saturated carbocycles. The van der Waals surface area contributed by atoms with Crippen LogP contribution in [0.2, 0.25) is 0 Å². The molecule has 3 rings (SSSR count). The summed E-state index contributed by atoms with van der Waals surface area (Å²) in [5.41, 5.74) is 1.59. The number of ether oxygens (including phenoxy) is 1. The van der Waals surface area contributed by atoms with Gasteiger partial charge in [-0.1, -0.05) is 0 Å². The second-order valence-electron chi connectivity index (χ2n) is 6.29. The molecule has 0 bridgehead atoms. The maximum Gasteiger partial charge on any atom is 0.453 e. The molecule has 0 aromatic carbocycles. The van der Waals surface area contributed by atoms with Gasteiger partial charge in [0.15, 0.2) is 11.5 Å². The van der Waals surface area contributed by atoms with Crippen molar-refractivity contribution in [2.24, 2.45) is 5.92 Å². The van der Waals surface area contributed by atoms with Crippen LogP contribution in [0.1, 0.15) is 29.8 Å². The van der Waals surface area contributed by atoms with Crippen molar-refractivity contribution in [1.82, 2.24) is 19.8 Å². The van der Waals surface area contributed by atoms with E-state index in [-0.39, 0.29) is 5.65 Å². The van der Waals surface area contributed by atoms with Gasteiger partial charge in [0.25, 0.3) is 5.82 Å². The first-order valence-corrected chi connectivity index (χ1v) is 7.87. The van der Waals surface area contributed by atoms with Crippen LogP contribution in [0.25, 0.3) is 5.65 Å². The summed E-state index contributed by atoms with van der Waals surface area (Å²) < 4.78 is 45.6. The molecule has 0 spiro atoms. The van der Waals surface area contributed by atoms with Crippen molar-refractivity contribution in [3.05, 3.63) is 17.0 Å². The van der Waals surface area contributed by atoms with Gasteiger partial charge in [-0.15, -0.1) is 15.3 Å². The van der Waals surface area contributed by atoms with Gasteiger partial charge in [-0.05, 0) is 32.6 Å². The van der Waals surface area contributed by atoms with E-state index in [1.54, 1.807) is 6.92 Å². The third-order valence-corrected chi connectivity index (χ3v) is 4.47. The lowest BCUT2D eigenvalue weighted by molar-refractivity contribution is -0.146. The van der Waals surface area contributed by atoms with E-state index in [9.17, 15) is 13.2 Å². The average molecular weight is 343 g/mol. The number of rotatable bonds is 3. The maximum atomic E-state index is 13.1. The Morgan fingerprint density at radius 3 is 2.62 bits per heavy atom. The number of nitrogens with zero attached hydrogens (tertiary/aromatic N) is 5. The van der Waals surface area contributed by atoms with Crippen molar-refractivity contribution < 1.29 is 17.9 Å². The predicted octanol–water partition coefficient (Wildman–Crippen LogP) is 2.62. The first kappa shape index (κ1) is 16.9. The van der Waals surface area contributed by atoms with Crippen molar-refractivity contribution in [1.29, 1.82) is 0 Å². The number of hydrogen-bond donors (Lipinski definition) is 0. The van der Waals surface area contributed by atoms with E-state index < -0.39 is 12.0 Å². The van der Waals surface area contributed by atoms with Crippen molar-refractivity contribution in [3.8, 4) is 0 Å². The molecule has 0 N–H and O–H groups in total. The van der Waals surface area contributed by atoms with Crippen LogP contribution >= 0.6 is 0 Å². The van der Waals surface area contributed by atoms with E-state index in [4.69, 9.17) is 4.74 Å². The lowest BCUT2D eigenvalue weighted by atomic mass is 10.0. The normalized spacial score (nSPS) is 19.0. The number of aromatic nitrogens is 4. The Balaban J connectivity index is 1.98. The van der Waals surface area contributed by atoms with Gasteiger partial charge in [0.05, 0.1) is 6.61 Å². The summed E-state index contributed by atoms with van der Waals surface area (Å²) in [5, 5.41) is 11.1. The standard InChI is InChI=1S/C15H20F3N5O/c1-9-10(2)13(22(3)7-11-5-4-6-24-8-11)21-23-12(9)19-20-14(23)15(16,17)18/h11H,4-8H2,1-3H3. The summed E-state index contributed by atoms with van der Waals surface area (Å²) in [6, 6.07) is 0. The maximum absolute atomic E-state index is 13.1. The zero-order valence-corrected chi connectivity index (χ0v) is 13.9. The van der Waals surface area contributed by atoms with E-state index >= 15 is 0 Å². The van der Waals surface area contributed by atoms with E-state index in [0.717, 1.165) is 29.5 Å². The van der Waals surface area contributed by atoms with E-state index in [1.165, 1.54) is 0 Å². The smallest absolute Gasteiger partial charge is 0.381 e. The number of halogens is 3. The van der Waals surface area contributed by atoms with Crippen molar-refractivity contribution in [2.75, 3.05) is 31.7 Å². The first-order chi connectivity index (χ1) is 11.3. The van der Waals surface area contributed by atoms with Crippen LogP contribution < -0.4 is 4.90 Å². The van der Waals surface area contributed by atoms with E-state index in [1.807, 2.05) is 18.9 Å². The number of aryl methyl sites for hydroxylation is 1. The molecule has 24 heavy (non-hydrogen) atoms. The molecule has 0 aliphatic carbocycles. The Kier molecular flexibility index (Phi) is 4.37. The number of fused-ring (bicyclic) bond motifs is 1. The summed E-state index contributed by atoms with van der Waals surface area (Å²) >= 11 is 0. The third-order valence-electron chi connectivity index (χ3n) is 4.47. The van der Waals surface area contributed by atoms with Gasteiger partial charge in [0.1, 0.15) is 0 Å². The molecule has 1 saturated heterocycles. The van der Waals surface area contributed by atoms with Gasteiger partial charge >= 0.3 is 6.18 Å². The van der Waals surface area contributed by atoms with Crippen molar-refractivity contribution in [3.63, 3.8) is 0 Å². The van der Waals surface area contributed by atoms with Crippen LogP contribution in [0.4, 0.5) is 19.0 Å². The molecular weight excluding hydrogens is 323 g/mol. The summed E-state index contributed by atoms with van der Waals surface area (Å²) in [6.45, 7) is 5.71. The molecule has 6 nitrogen and oxygen atoms in total. The van der Waals surface area contributed by atoms with Gasteiger partial charge in [-0.2, -0.15) is 17.7 Å². The molecule has 2 aromatic rings. The molecular formula is C15H20F3N5O. The minimum absolute atomic E-state index is 0.137. The fourth-order valence-electron chi connectivity index (χ4n) is 3.08. The lowest BCUT2D eigenvalue weighted by Crippen LogP contribution is -2.32. The predicted molar refractivity (Wildman–Crippen MR) is 82.1 cm³/mol. The molecule has 1 aliphatic rings. The SMILES string of the molecule is Cc1c(N(C)CC2CCCOC2)nn2c(C(F)(F)F)nnc2c1C. The van der Waals surface area contributed by atoms with Gasteiger partial charge < -0.3 is 9.64 Å². The third kappa shape index (κ3) is 3.04. The fourth-order valence-corrected chi connectivity index (χ4v) is 3.08. The molecule has 132 valence electrons. The molecule has 1 fully saturated rings. The van der Waals surface area contributed by atoms with E-state index in [0.29, 0.717) is 30.5 Å². The van der Waals surface area contributed by atoms with E-state index in [2.05, 4.69) is 15.3 Å². The topological polar surface area (TPSA) is 55.5 Å². The second-order valence-corrected chi connectivity index (χ2v) is 6.29. The summed E-state index contributed by atoms with van der Waals surface area (Å²) in [4.78, 5) is 1.89. The quantitative estimate of drug-likeness (QED) is 0.857. The Morgan fingerprint density at radius 2 is 2.00 bits per heavy atom. The number of alkyl halides is 3. The molecule has 1 aliphatic heterocycles. The molecule has 1 unspecified atom stereocenters.